The Morgan fingerprint density at radius 3 is 1.72 bits per heavy atom. The number of aromatic nitrogens is 3. The smallest absolute Gasteiger partial charge is 0.355 e. The Morgan fingerprint density at radius 1 is 0.692 bits per heavy atom. The van der Waals surface area contributed by atoms with Crippen LogP contribution in [0.15, 0.2) is 240 Å². The van der Waals surface area contributed by atoms with Gasteiger partial charge < -0.3 is 24.9 Å². The zero-order chi connectivity index (χ0) is 53.3. The number of nitrogens with one attached hydrogen (secondary N) is 2. The van der Waals surface area contributed by atoms with E-state index < -0.39 is 40.3 Å². The summed E-state index contributed by atoms with van der Waals surface area (Å²) in [6, 6.07) is 65.6. The third-order valence-electron chi connectivity index (χ3n) is 13.5. The Balaban J connectivity index is 0.980. The number of fused-ring (bicyclic) bond motifs is 1. The molecule has 2 aromatic heterocycles. The molecule has 78 heavy (non-hydrogen) atoms. The van der Waals surface area contributed by atoms with E-state index in [0.29, 0.717) is 27.9 Å². The summed E-state index contributed by atoms with van der Waals surface area (Å²) >= 11 is 3.90. The number of β-lactam (4-membered cyclic amide) rings is 1. The standard InChI is InChI=1S/C62H49N7O6S3/c1-73-51-36-32-42(33-37-51)38-74-59(72)55-43(34-35-50-40-78-68-66-50)39-76-58-54(57(71)69(55)58)64-56(70)53(67-75-62(47-26-14-5-15-27-47,48-28-16-6-17-29-48)49-30-18-7-19-31-49)52-41-77-60(63-52)65-61(44-20-8-2-9-21-44,45-22-10-3-11-23-45)46-24-12-4-13-25-46/h2-37,40-41,54,58H,38-39H2,1H3,(H,63,65)(H,64,70)/b35-34-,67-53-/t54?,58-/m1/s1. The molecule has 16 heteroatoms. The number of anilines is 1. The number of rotatable bonds is 19. The molecule has 11 rings (SSSR count). The van der Waals surface area contributed by atoms with Gasteiger partial charge in [0.15, 0.2) is 10.8 Å². The van der Waals surface area contributed by atoms with E-state index in [-0.39, 0.29) is 23.7 Å². The Hall–Kier alpha value is -8.96. The number of hydrogen-bond acceptors (Lipinski definition) is 14. The van der Waals surface area contributed by atoms with E-state index in [0.717, 1.165) is 38.9 Å². The van der Waals surface area contributed by atoms with Gasteiger partial charge in [0.2, 0.25) is 5.60 Å². The predicted molar refractivity (Wildman–Crippen MR) is 306 cm³/mol. The van der Waals surface area contributed by atoms with Crippen molar-refractivity contribution in [2.45, 2.75) is 29.2 Å². The summed E-state index contributed by atoms with van der Waals surface area (Å²) in [5.41, 5.74) is 4.79. The third-order valence-corrected chi connectivity index (χ3v) is 16.1. The number of allylic oxidation sites excluding steroid dienone is 1. The maximum absolute atomic E-state index is 15.4. The van der Waals surface area contributed by atoms with Gasteiger partial charge in [-0.2, -0.15) is 0 Å². The first-order chi connectivity index (χ1) is 38.4. The second-order valence-corrected chi connectivity index (χ2v) is 20.7. The van der Waals surface area contributed by atoms with Crippen molar-refractivity contribution in [1.29, 1.82) is 0 Å². The van der Waals surface area contributed by atoms with Crippen LogP contribution in [0.5, 0.6) is 5.75 Å². The summed E-state index contributed by atoms with van der Waals surface area (Å²) in [6.45, 7) is -0.0523. The number of ether oxygens (including phenoxy) is 2. The molecule has 1 unspecified atom stereocenters. The second kappa shape index (κ2) is 23.1. The molecule has 0 radical (unpaired) electrons. The van der Waals surface area contributed by atoms with Crippen LogP contribution in [0, 0.1) is 0 Å². The number of thioether (sulfide) groups is 1. The summed E-state index contributed by atoms with van der Waals surface area (Å²) in [6.07, 6.45) is 3.49. The van der Waals surface area contributed by atoms with Crippen LogP contribution in [0.1, 0.15) is 50.3 Å². The van der Waals surface area contributed by atoms with Gasteiger partial charge in [0.25, 0.3) is 11.8 Å². The minimum absolute atomic E-state index is 0.0523. The molecule has 4 heterocycles. The normalized spacial score (nSPS) is 15.5. The molecule has 2 aliphatic heterocycles. The van der Waals surface area contributed by atoms with Crippen LogP contribution >= 0.6 is 34.6 Å². The molecule has 2 N–H and O–H groups in total. The van der Waals surface area contributed by atoms with Gasteiger partial charge in [-0.1, -0.05) is 210 Å². The summed E-state index contributed by atoms with van der Waals surface area (Å²) in [5, 5.41) is 19.2. The fourth-order valence-corrected chi connectivity index (χ4v) is 12.2. The van der Waals surface area contributed by atoms with E-state index in [2.05, 4.69) is 56.6 Å². The molecule has 0 saturated carbocycles. The summed E-state index contributed by atoms with van der Waals surface area (Å²) in [5.74, 6) is -0.950. The number of hydrogen-bond donors (Lipinski definition) is 2. The molecule has 7 aromatic carbocycles. The minimum atomic E-state index is -1.37. The number of thiazole rings is 1. The Labute approximate surface area is 463 Å². The van der Waals surface area contributed by atoms with Crippen LogP contribution in [0.2, 0.25) is 0 Å². The number of amides is 2. The Morgan fingerprint density at radius 2 is 1.22 bits per heavy atom. The number of carbonyl (C=O) groups excluding carboxylic acids is 3. The SMILES string of the molecule is COc1ccc(COC(=O)C2=C(/C=C\c3csnn3)CS[C@@H]3C(NC(=O)/C(=N\OC(c4ccccc4)(c4ccccc4)c4ccccc4)c4csc(NC(c5ccccc5)(c5ccccc5)c5ccccc5)n4)C(=O)N23)cc1. The topological polar surface area (TPSA) is 157 Å². The van der Waals surface area contributed by atoms with Crippen LogP contribution in [-0.2, 0) is 41.7 Å². The zero-order valence-corrected chi connectivity index (χ0v) is 44.4. The lowest BCUT2D eigenvalue weighted by Gasteiger charge is -2.49. The molecule has 1 saturated heterocycles. The highest BCUT2D eigenvalue weighted by Crippen LogP contribution is 2.44. The van der Waals surface area contributed by atoms with Gasteiger partial charge in [0.1, 0.15) is 40.7 Å². The molecule has 13 nitrogen and oxygen atoms in total. The molecular formula is C62H49N7O6S3. The van der Waals surface area contributed by atoms with Crippen LogP contribution in [0.3, 0.4) is 0 Å². The van der Waals surface area contributed by atoms with Crippen molar-refractivity contribution in [3.05, 3.63) is 285 Å². The van der Waals surface area contributed by atoms with Gasteiger partial charge in [-0.15, -0.1) is 28.2 Å². The molecule has 2 atom stereocenters. The predicted octanol–water partition coefficient (Wildman–Crippen LogP) is 11.2. The highest BCUT2D eigenvalue weighted by molar-refractivity contribution is 8.00. The number of carbonyl (C=O) groups is 3. The summed E-state index contributed by atoms with van der Waals surface area (Å²) in [7, 11) is 1.58. The molecule has 9 aromatic rings. The average molecular weight is 1080 g/mol. The number of oxime groups is 1. The van der Waals surface area contributed by atoms with E-state index in [1.165, 1.54) is 39.5 Å². The number of methoxy groups -OCH3 is 1. The lowest BCUT2D eigenvalue weighted by atomic mass is 9.77. The monoisotopic (exact) mass is 1080 g/mol. The first-order valence-electron chi connectivity index (χ1n) is 24.9. The largest absolute Gasteiger partial charge is 0.497 e. The molecular weight excluding hydrogens is 1030 g/mol. The molecule has 0 aliphatic carbocycles. The lowest BCUT2D eigenvalue weighted by molar-refractivity contribution is -0.153. The minimum Gasteiger partial charge on any atom is -0.497 e. The van der Waals surface area contributed by atoms with E-state index in [9.17, 15) is 9.59 Å². The van der Waals surface area contributed by atoms with Crippen molar-refractivity contribution in [2.24, 2.45) is 5.16 Å². The van der Waals surface area contributed by atoms with E-state index in [1.807, 2.05) is 146 Å². The highest BCUT2D eigenvalue weighted by atomic mass is 32.2. The van der Waals surface area contributed by atoms with Crippen LogP contribution in [-0.4, -0.2) is 67.2 Å². The van der Waals surface area contributed by atoms with Crippen molar-refractivity contribution < 1.29 is 28.7 Å². The Kier molecular flexibility index (Phi) is 15.2. The van der Waals surface area contributed by atoms with Gasteiger partial charge in [0, 0.05) is 33.2 Å². The summed E-state index contributed by atoms with van der Waals surface area (Å²) < 4.78 is 15.1. The zero-order valence-electron chi connectivity index (χ0n) is 41.9. The van der Waals surface area contributed by atoms with Crippen LogP contribution in [0.4, 0.5) is 5.13 Å². The van der Waals surface area contributed by atoms with E-state index >= 15 is 4.79 Å². The van der Waals surface area contributed by atoms with Crippen molar-refractivity contribution in [2.75, 3.05) is 18.2 Å². The second-order valence-electron chi connectivity index (χ2n) is 18.1. The van der Waals surface area contributed by atoms with Crippen LogP contribution < -0.4 is 15.4 Å². The third kappa shape index (κ3) is 10.2. The molecule has 1 fully saturated rings. The molecule has 0 bridgehead atoms. The Bertz CT molecular complexity index is 3410. The first-order valence-corrected chi connectivity index (χ1v) is 27.7. The van der Waals surface area contributed by atoms with E-state index in [1.54, 1.807) is 54.3 Å². The molecule has 2 aliphatic rings. The van der Waals surface area contributed by atoms with Crippen molar-refractivity contribution in [1.82, 2.24) is 24.8 Å². The van der Waals surface area contributed by atoms with Gasteiger partial charge >= 0.3 is 5.97 Å². The van der Waals surface area contributed by atoms with Crippen molar-refractivity contribution in [3.63, 3.8) is 0 Å². The summed E-state index contributed by atoms with van der Waals surface area (Å²) in [4.78, 5) is 57.8. The van der Waals surface area contributed by atoms with Gasteiger partial charge in [-0.3, -0.25) is 14.5 Å². The maximum atomic E-state index is 15.4. The van der Waals surface area contributed by atoms with Gasteiger partial charge in [-0.05, 0) is 57.6 Å². The first kappa shape index (κ1) is 51.2. The molecule has 386 valence electrons. The number of nitrogens with zero attached hydrogens (tertiary/aromatic N) is 5. The van der Waals surface area contributed by atoms with Crippen LogP contribution in [0.25, 0.3) is 6.08 Å². The van der Waals surface area contributed by atoms with Gasteiger partial charge in [-0.25, -0.2) is 9.78 Å². The molecule has 2 amide bonds. The fraction of sp³-hybridized carbons (Fsp3) is 0.113. The molecule has 0 spiro atoms. The highest BCUT2D eigenvalue weighted by Gasteiger charge is 2.55. The number of esters is 1. The van der Waals surface area contributed by atoms with E-state index in [4.69, 9.17) is 24.5 Å². The van der Waals surface area contributed by atoms with Crippen molar-refractivity contribution in [3.8, 4) is 5.75 Å². The van der Waals surface area contributed by atoms with Crippen molar-refractivity contribution >= 4 is 69.3 Å². The number of benzene rings is 7. The average Bonchev–Trinajstić information content (AvgIpc) is 4.34. The quantitative estimate of drug-likeness (QED) is 0.0261. The fourth-order valence-electron chi connectivity index (χ4n) is 9.72. The lowest BCUT2D eigenvalue weighted by Crippen LogP contribution is -2.71. The maximum Gasteiger partial charge on any atom is 0.355 e. The van der Waals surface area contributed by atoms with Gasteiger partial charge in [0.05, 0.1) is 12.8 Å².